The first-order valence-electron chi connectivity index (χ1n) is 8.88. The molecule has 22 heavy (non-hydrogen) atoms. The number of hydrogen-bond acceptors (Lipinski definition) is 2. The van der Waals surface area contributed by atoms with Crippen LogP contribution >= 0.6 is 11.8 Å². The molecule has 0 aromatic heterocycles. The molecule has 4 atom stereocenters. The zero-order valence-corrected chi connectivity index (χ0v) is 17.3. The Morgan fingerprint density at radius 1 is 1.18 bits per heavy atom. The Balaban J connectivity index is 5.76. The van der Waals surface area contributed by atoms with Crippen molar-refractivity contribution in [3.63, 3.8) is 0 Å². The normalized spacial score (nSPS) is 19.9. The van der Waals surface area contributed by atoms with Gasteiger partial charge in [-0.25, -0.2) is 0 Å². The third-order valence-electron chi connectivity index (χ3n) is 5.94. The summed E-state index contributed by atoms with van der Waals surface area (Å²) in [4.78, 5) is 14.8. The van der Waals surface area contributed by atoms with Crippen molar-refractivity contribution in [2.24, 2.45) is 17.3 Å². The first-order valence-corrected chi connectivity index (χ1v) is 10.1. The minimum Gasteiger partial charge on any atom is -0.349 e. The Morgan fingerprint density at radius 3 is 2.05 bits per heavy atom. The van der Waals surface area contributed by atoms with Gasteiger partial charge in [-0.2, -0.15) is 11.8 Å². The van der Waals surface area contributed by atoms with E-state index in [0.29, 0.717) is 11.8 Å². The van der Waals surface area contributed by atoms with Gasteiger partial charge in [0.05, 0.1) is 0 Å². The van der Waals surface area contributed by atoms with Crippen LogP contribution in [-0.2, 0) is 4.79 Å². The van der Waals surface area contributed by atoms with E-state index < -0.39 is 0 Å². The maximum absolute atomic E-state index is 13.0. The number of hydrogen-bond donors (Lipinski definition) is 0. The molecule has 0 aliphatic rings. The van der Waals surface area contributed by atoms with Gasteiger partial charge in [-0.3, -0.25) is 4.79 Å². The summed E-state index contributed by atoms with van der Waals surface area (Å²) in [7, 11) is 3.81. The molecule has 3 heteroatoms. The molecule has 0 bridgehead atoms. The number of thioether (sulfide) groups is 1. The van der Waals surface area contributed by atoms with Gasteiger partial charge in [0.2, 0.25) is 5.91 Å². The van der Waals surface area contributed by atoms with Gasteiger partial charge in [0.15, 0.2) is 0 Å². The molecule has 1 amide bonds. The fourth-order valence-corrected chi connectivity index (χ4v) is 4.11. The first kappa shape index (κ1) is 21.8. The van der Waals surface area contributed by atoms with Crippen molar-refractivity contribution in [3.05, 3.63) is 0 Å². The van der Waals surface area contributed by atoms with Gasteiger partial charge in [0.1, 0.15) is 0 Å². The largest absolute Gasteiger partial charge is 0.349 e. The molecule has 0 saturated heterocycles. The molecule has 4 unspecified atom stereocenters. The SMILES string of the molecule is CCCC(C)(C(C)CC)C(CC(C)(CC)SC)C(=O)N(C)C. The van der Waals surface area contributed by atoms with Gasteiger partial charge in [0, 0.05) is 24.8 Å². The molecule has 0 rings (SSSR count). The lowest BCUT2D eigenvalue weighted by molar-refractivity contribution is -0.140. The maximum Gasteiger partial charge on any atom is 0.225 e. The van der Waals surface area contributed by atoms with Crippen LogP contribution in [0.4, 0.5) is 0 Å². The molecule has 132 valence electrons. The molecule has 2 nitrogen and oxygen atoms in total. The minimum absolute atomic E-state index is 0.0804. The van der Waals surface area contributed by atoms with Crippen molar-refractivity contribution in [1.82, 2.24) is 4.90 Å². The Labute approximate surface area is 143 Å². The summed E-state index contributed by atoms with van der Waals surface area (Å²) in [6, 6.07) is 0. The van der Waals surface area contributed by atoms with Crippen LogP contribution in [-0.4, -0.2) is 35.9 Å². The summed E-state index contributed by atoms with van der Waals surface area (Å²) in [6.07, 6.45) is 7.66. The number of carbonyl (C=O) groups excluding carboxylic acids is 1. The fraction of sp³-hybridized carbons (Fsp3) is 0.947. The van der Waals surface area contributed by atoms with Crippen LogP contribution in [0.3, 0.4) is 0 Å². The Kier molecular flexibility index (Phi) is 9.12. The van der Waals surface area contributed by atoms with Crippen molar-refractivity contribution < 1.29 is 4.79 Å². The predicted molar refractivity (Wildman–Crippen MR) is 101 cm³/mol. The minimum atomic E-state index is 0.0804. The molecule has 0 saturated carbocycles. The molecule has 0 heterocycles. The van der Waals surface area contributed by atoms with E-state index in [0.717, 1.165) is 32.1 Å². The van der Waals surface area contributed by atoms with Crippen LogP contribution in [0.1, 0.15) is 73.6 Å². The highest BCUT2D eigenvalue weighted by molar-refractivity contribution is 7.99. The molecule has 0 spiro atoms. The van der Waals surface area contributed by atoms with Crippen molar-refractivity contribution in [2.75, 3.05) is 20.4 Å². The number of amides is 1. The van der Waals surface area contributed by atoms with Crippen LogP contribution < -0.4 is 0 Å². The van der Waals surface area contributed by atoms with Crippen molar-refractivity contribution in [2.45, 2.75) is 78.4 Å². The first-order chi connectivity index (χ1) is 10.1. The van der Waals surface area contributed by atoms with E-state index >= 15 is 0 Å². The third kappa shape index (κ3) is 5.18. The summed E-state index contributed by atoms with van der Waals surface area (Å²) in [6.45, 7) is 13.7. The third-order valence-corrected chi connectivity index (χ3v) is 7.38. The standard InChI is InChI=1S/C19H39NOS/c1-10-13-19(6,15(4)11-2)16(17(21)20(7)8)14-18(5,12-3)22-9/h15-16H,10-14H2,1-9H3. The number of nitrogens with zero attached hydrogens (tertiary/aromatic N) is 1. The zero-order chi connectivity index (χ0) is 17.6. The average molecular weight is 330 g/mol. The number of carbonyl (C=O) groups is 1. The fourth-order valence-electron chi connectivity index (χ4n) is 3.49. The van der Waals surface area contributed by atoms with Crippen LogP contribution in [0.2, 0.25) is 0 Å². The molecule has 0 aliphatic carbocycles. The lowest BCUT2D eigenvalue weighted by Crippen LogP contribution is -2.46. The Morgan fingerprint density at radius 2 is 1.73 bits per heavy atom. The quantitative estimate of drug-likeness (QED) is 0.530. The van der Waals surface area contributed by atoms with Gasteiger partial charge in [-0.05, 0) is 36.9 Å². The van der Waals surface area contributed by atoms with Crippen LogP contribution in [0.5, 0.6) is 0 Å². The second-order valence-corrected chi connectivity index (χ2v) is 8.96. The van der Waals surface area contributed by atoms with E-state index in [9.17, 15) is 4.79 Å². The molecule has 0 radical (unpaired) electrons. The second kappa shape index (κ2) is 9.20. The summed E-state index contributed by atoms with van der Waals surface area (Å²) in [5, 5.41) is 0. The summed E-state index contributed by atoms with van der Waals surface area (Å²) >= 11 is 1.91. The summed E-state index contributed by atoms with van der Waals surface area (Å²) in [5.41, 5.74) is 0.0804. The highest BCUT2D eigenvalue weighted by atomic mass is 32.2. The van der Waals surface area contributed by atoms with Gasteiger partial charge in [-0.1, -0.05) is 54.4 Å². The lowest BCUT2D eigenvalue weighted by atomic mass is 9.62. The van der Waals surface area contributed by atoms with Crippen LogP contribution in [0.15, 0.2) is 0 Å². The van der Waals surface area contributed by atoms with Gasteiger partial charge >= 0.3 is 0 Å². The molecule has 0 aliphatic heterocycles. The van der Waals surface area contributed by atoms with Gasteiger partial charge in [-0.15, -0.1) is 0 Å². The van der Waals surface area contributed by atoms with E-state index in [2.05, 4.69) is 47.8 Å². The van der Waals surface area contributed by atoms with Gasteiger partial charge < -0.3 is 4.90 Å². The highest BCUT2D eigenvalue weighted by Gasteiger charge is 2.45. The van der Waals surface area contributed by atoms with Crippen LogP contribution in [0.25, 0.3) is 0 Å². The number of rotatable bonds is 10. The Hall–Kier alpha value is -0.180. The van der Waals surface area contributed by atoms with Crippen molar-refractivity contribution in [3.8, 4) is 0 Å². The van der Waals surface area contributed by atoms with E-state index in [1.807, 2.05) is 25.9 Å². The second-order valence-electron chi connectivity index (χ2n) is 7.56. The predicted octanol–water partition coefficient (Wildman–Crippen LogP) is 5.47. The average Bonchev–Trinajstić information content (AvgIpc) is 2.50. The summed E-state index contributed by atoms with van der Waals surface area (Å²) < 4.78 is 0.179. The Bertz CT molecular complexity index is 338. The van der Waals surface area contributed by atoms with Crippen molar-refractivity contribution in [1.29, 1.82) is 0 Å². The molecule has 0 fully saturated rings. The van der Waals surface area contributed by atoms with Crippen molar-refractivity contribution >= 4 is 17.7 Å². The monoisotopic (exact) mass is 329 g/mol. The van der Waals surface area contributed by atoms with Gasteiger partial charge in [0.25, 0.3) is 0 Å². The molecular formula is C19H39NOS. The molecule has 0 aromatic carbocycles. The van der Waals surface area contributed by atoms with E-state index in [4.69, 9.17) is 0 Å². The van der Waals surface area contributed by atoms with E-state index in [-0.39, 0.29) is 16.1 Å². The van der Waals surface area contributed by atoms with E-state index in [1.165, 1.54) is 0 Å². The summed E-state index contributed by atoms with van der Waals surface area (Å²) in [5.74, 6) is 0.976. The smallest absolute Gasteiger partial charge is 0.225 e. The molecular weight excluding hydrogens is 290 g/mol. The van der Waals surface area contributed by atoms with Crippen LogP contribution in [0, 0.1) is 17.3 Å². The molecule has 0 N–H and O–H groups in total. The highest BCUT2D eigenvalue weighted by Crippen LogP contribution is 2.48. The zero-order valence-electron chi connectivity index (χ0n) is 16.5. The maximum atomic E-state index is 13.0. The molecule has 0 aromatic rings. The van der Waals surface area contributed by atoms with E-state index in [1.54, 1.807) is 4.90 Å². The topological polar surface area (TPSA) is 20.3 Å². The lowest BCUT2D eigenvalue weighted by Gasteiger charge is -2.45.